The molecule has 0 bridgehead atoms. The number of para-hydroxylation sites is 1. The van der Waals surface area contributed by atoms with Crippen LogP contribution in [-0.4, -0.2) is 9.13 Å². The van der Waals surface area contributed by atoms with E-state index in [9.17, 15) is 14.0 Å². The van der Waals surface area contributed by atoms with E-state index in [2.05, 4.69) is 0 Å². The van der Waals surface area contributed by atoms with E-state index >= 15 is 0 Å². The predicted molar refractivity (Wildman–Crippen MR) is 102 cm³/mol. The minimum absolute atomic E-state index is 0.0531. The first-order chi connectivity index (χ1) is 12.6. The molecule has 0 N–H and O–H groups in total. The fraction of sp³-hybridized carbons (Fsp3) is 0.0526. The predicted octanol–water partition coefficient (Wildman–Crippen LogP) is 4.05. The smallest absolute Gasteiger partial charge is 0.288 e. The molecule has 0 amide bonds. The number of hydrogen-bond acceptors (Lipinski definition) is 3. The third-order valence-electron chi connectivity index (χ3n) is 4.10. The normalized spacial score (nSPS) is 11.2. The third-order valence-corrected chi connectivity index (χ3v) is 5.25. The first-order valence-electron chi connectivity index (χ1n) is 7.78. The molecular weight excluding hydrogens is 375 g/mol. The fourth-order valence-electron chi connectivity index (χ4n) is 2.86. The van der Waals surface area contributed by atoms with Crippen molar-refractivity contribution in [2.24, 2.45) is 0 Å². The summed E-state index contributed by atoms with van der Waals surface area (Å²) in [7, 11) is 0. The van der Waals surface area contributed by atoms with E-state index in [1.54, 1.807) is 29.6 Å². The van der Waals surface area contributed by atoms with Crippen molar-refractivity contribution in [3.8, 4) is 5.69 Å². The molecular formula is C19H12ClFN2O2S. The highest BCUT2D eigenvalue weighted by atomic mass is 35.5. The zero-order valence-corrected chi connectivity index (χ0v) is 14.9. The van der Waals surface area contributed by atoms with Gasteiger partial charge in [-0.25, -0.2) is 13.8 Å². The highest BCUT2D eigenvalue weighted by Gasteiger charge is 2.17. The molecule has 0 aliphatic carbocycles. The molecule has 0 atom stereocenters. The molecule has 0 saturated carbocycles. The lowest BCUT2D eigenvalue weighted by atomic mass is 10.2. The lowest BCUT2D eigenvalue weighted by Crippen LogP contribution is -2.39. The molecule has 2 heterocycles. The molecule has 0 spiro atoms. The molecule has 0 aliphatic rings. The molecule has 4 rings (SSSR count). The first kappa shape index (κ1) is 16.8. The van der Waals surface area contributed by atoms with Crippen LogP contribution in [0.2, 0.25) is 5.02 Å². The highest BCUT2D eigenvalue weighted by molar-refractivity contribution is 7.17. The highest BCUT2D eigenvalue weighted by Crippen LogP contribution is 2.19. The minimum atomic E-state index is -0.624. The van der Waals surface area contributed by atoms with Crippen LogP contribution >= 0.6 is 22.9 Å². The Kier molecular flexibility index (Phi) is 4.22. The topological polar surface area (TPSA) is 44.0 Å². The van der Waals surface area contributed by atoms with Crippen molar-refractivity contribution < 1.29 is 4.39 Å². The largest absolute Gasteiger partial charge is 0.336 e. The molecule has 0 fully saturated rings. The average Bonchev–Trinajstić information content (AvgIpc) is 3.12. The maximum absolute atomic E-state index is 14.2. The van der Waals surface area contributed by atoms with E-state index in [1.165, 1.54) is 34.1 Å². The monoisotopic (exact) mass is 386 g/mol. The summed E-state index contributed by atoms with van der Waals surface area (Å²) in [5.74, 6) is -0.624. The van der Waals surface area contributed by atoms with Gasteiger partial charge in [-0.05, 0) is 41.3 Å². The third kappa shape index (κ3) is 2.77. The Morgan fingerprint density at radius 1 is 1.00 bits per heavy atom. The number of hydrogen-bond donors (Lipinski definition) is 0. The van der Waals surface area contributed by atoms with Gasteiger partial charge in [0, 0.05) is 5.02 Å². The summed E-state index contributed by atoms with van der Waals surface area (Å²) in [5.41, 5.74) is 0.233. The average molecular weight is 387 g/mol. The molecule has 0 unspecified atom stereocenters. The quantitative estimate of drug-likeness (QED) is 0.533. The Bertz CT molecular complexity index is 1220. The van der Waals surface area contributed by atoms with Crippen LogP contribution < -0.4 is 11.2 Å². The second kappa shape index (κ2) is 6.55. The number of fused-ring (bicyclic) bond motifs is 1. The summed E-state index contributed by atoms with van der Waals surface area (Å²) < 4.78 is 17.0. The van der Waals surface area contributed by atoms with Gasteiger partial charge in [-0.1, -0.05) is 35.9 Å². The van der Waals surface area contributed by atoms with Crippen molar-refractivity contribution in [1.29, 1.82) is 0 Å². The van der Waals surface area contributed by atoms with Crippen LogP contribution in [0.15, 0.2) is 69.6 Å². The molecule has 4 nitrogen and oxygen atoms in total. The van der Waals surface area contributed by atoms with Crippen LogP contribution in [0.4, 0.5) is 4.39 Å². The lowest BCUT2D eigenvalue weighted by Gasteiger charge is -2.13. The van der Waals surface area contributed by atoms with Crippen LogP contribution in [0.25, 0.3) is 15.9 Å². The van der Waals surface area contributed by atoms with Gasteiger partial charge in [0.2, 0.25) is 0 Å². The van der Waals surface area contributed by atoms with Gasteiger partial charge in [0.1, 0.15) is 10.5 Å². The SMILES string of the molecule is O=c1c2sccc2n(Cc2ccc(Cl)cc2)c(=O)n1-c1ccccc1F. The van der Waals surface area contributed by atoms with E-state index in [0.717, 1.165) is 10.1 Å². The zero-order valence-electron chi connectivity index (χ0n) is 13.4. The second-order valence-corrected chi connectivity index (χ2v) is 7.07. The Balaban J connectivity index is 2.00. The van der Waals surface area contributed by atoms with E-state index in [4.69, 9.17) is 11.6 Å². The molecule has 2 aromatic heterocycles. The van der Waals surface area contributed by atoms with Gasteiger partial charge in [-0.3, -0.25) is 9.36 Å². The standard InChI is InChI=1S/C19H12ClFN2O2S/c20-13-7-5-12(6-8-13)11-22-16-9-10-26-17(16)18(24)23(19(22)25)15-4-2-1-3-14(15)21/h1-10H,11H2. The summed E-state index contributed by atoms with van der Waals surface area (Å²) in [6.45, 7) is 0.248. The van der Waals surface area contributed by atoms with Gasteiger partial charge in [-0.15, -0.1) is 11.3 Å². The van der Waals surface area contributed by atoms with Crippen molar-refractivity contribution in [1.82, 2.24) is 9.13 Å². The van der Waals surface area contributed by atoms with Crippen molar-refractivity contribution in [2.75, 3.05) is 0 Å². The maximum atomic E-state index is 14.2. The van der Waals surface area contributed by atoms with Crippen molar-refractivity contribution in [3.63, 3.8) is 0 Å². The molecule has 0 aliphatic heterocycles. The van der Waals surface area contributed by atoms with Crippen LogP contribution in [-0.2, 0) is 6.54 Å². The van der Waals surface area contributed by atoms with Gasteiger partial charge < -0.3 is 0 Å². The van der Waals surface area contributed by atoms with E-state index < -0.39 is 17.1 Å². The van der Waals surface area contributed by atoms with Gasteiger partial charge in [0.15, 0.2) is 0 Å². The molecule has 0 saturated heterocycles. The van der Waals surface area contributed by atoms with E-state index in [0.29, 0.717) is 15.2 Å². The fourth-order valence-corrected chi connectivity index (χ4v) is 3.81. The summed E-state index contributed by atoms with van der Waals surface area (Å²) in [6, 6.07) is 14.6. The maximum Gasteiger partial charge on any atom is 0.336 e. The minimum Gasteiger partial charge on any atom is -0.288 e. The number of rotatable bonds is 3. The Morgan fingerprint density at radius 3 is 2.46 bits per heavy atom. The Morgan fingerprint density at radius 2 is 1.73 bits per heavy atom. The zero-order chi connectivity index (χ0) is 18.3. The molecule has 26 heavy (non-hydrogen) atoms. The summed E-state index contributed by atoms with van der Waals surface area (Å²) in [4.78, 5) is 25.9. The van der Waals surface area contributed by atoms with E-state index in [-0.39, 0.29) is 12.2 Å². The van der Waals surface area contributed by atoms with Crippen LogP contribution in [0.5, 0.6) is 0 Å². The number of nitrogens with zero attached hydrogens (tertiary/aromatic N) is 2. The first-order valence-corrected chi connectivity index (χ1v) is 9.04. The van der Waals surface area contributed by atoms with Crippen LogP contribution in [0.3, 0.4) is 0 Å². The number of benzene rings is 2. The summed E-state index contributed by atoms with van der Waals surface area (Å²) in [5, 5.41) is 2.34. The van der Waals surface area contributed by atoms with Crippen molar-refractivity contribution in [3.05, 3.63) is 97.2 Å². The Labute approximate surface area is 156 Å². The number of halogens is 2. The van der Waals surface area contributed by atoms with Gasteiger partial charge in [0.25, 0.3) is 5.56 Å². The van der Waals surface area contributed by atoms with Crippen molar-refractivity contribution >= 4 is 33.2 Å². The van der Waals surface area contributed by atoms with Crippen LogP contribution in [0.1, 0.15) is 5.56 Å². The molecule has 7 heteroatoms. The van der Waals surface area contributed by atoms with Gasteiger partial charge in [0.05, 0.1) is 17.7 Å². The Hall–Kier alpha value is -2.70. The number of thiophene rings is 1. The second-order valence-electron chi connectivity index (χ2n) is 5.72. The number of aromatic nitrogens is 2. The van der Waals surface area contributed by atoms with Crippen molar-refractivity contribution in [2.45, 2.75) is 6.54 Å². The van der Waals surface area contributed by atoms with E-state index in [1.807, 2.05) is 12.1 Å². The molecule has 0 radical (unpaired) electrons. The summed E-state index contributed by atoms with van der Waals surface area (Å²) >= 11 is 7.14. The lowest BCUT2D eigenvalue weighted by molar-refractivity contribution is 0.607. The van der Waals surface area contributed by atoms with Gasteiger partial charge in [-0.2, -0.15) is 0 Å². The molecule has 130 valence electrons. The van der Waals surface area contributed by atoms with Gasteiger partial charge >= 0.3 is 5.69 Å². The molecule has 4 aromatic rings. The van der Waals surface area contributed by atoms with Crippen LogP contribution in [0, 0.1) is 5.82 Å². The molecule has 2 aromatic carbocycles. The summed E-state index contributed by atoms with van der Waals surface area (Å²) in [6.07, 6.45) is 0.